The van der Waals surface area contributed by atoms with Gasteiger partial charge in [0, 0.05) is 34.4 Å². The third-order valence-electron chi connectivity index (χ3n) is 8.22. The molecule has 0 saturated heterocycles. The topological polar surface area (TPSA) is 180 Å². The summed E-state index contributed by atoms with van der Waals surface area (Å²) >= 11 is 1.76. The summed E-state index contributed by atoms with van der Waals surface area (Å²) in [6.45, 7) is 1.01. The SMILES string of the molecule is CN(C)CC[C@H](Oc1cccc2ccccc12)c1cccs1.COc1ccc(C(=O)[C@](O)(C(=O)O)[C@@](O)(C(=O)O)C(=O)c2ccc(OC)cc2)cc1. The number of ketones is 2. The molecule has 3 atom stereocenters. The predicted molar refractivity (Wildman–Crippen MR) is 195 cm³/mol. The molecule has 0 aliphatic heterocycles. The lowest BCUT2D eigenvalue weighted by atomic mass is 9.73. The van der Waals surface area contributed by atoms with E-state index in [0.29, 0.717) is 0 Å². The molecule has 5 aromatic rings. The molecule has 4 N–H and O–H groups in total. The van der Waals surface area contributed by atoms with Gasteiger partial charge in [-0.3, -0.25) is 9.59 Å². The zero-order valence-corrected chi connectivity index (χ0v) is 29.7. The van der Waals surface area contributed by atoms with Crippen molar-refractivity contribution in [3.8, 4) is 17.2 Å². The van der Waals surface area contributed by atoms with E-state index in [0.717, 1.165) is 43.0 Å². The molecule has 0 aliphatic rings. The molecule has 12 nitrogen and oxygen atoms in total. The Labute approximate surface area is 304 Å². The van der Waals surface area contributed by atoms with Gasteiger partial charge in [-0.15, -0.1) is 11.3 Å². The van der Waals surface area contributed by atoms with Crippen LogP contribution in [0, 0.1) is 0 Å². The van der Waals surface area contributed by atoms with Crippen LogP contribution >= 0.6 is 11.3 Å². The van der Waals surface area contributed by atoms with E-state index in [1.807, 2.05) is 0 Å². The summed E-state index contributed by atoms with van der Waals surface area (Å²) in [5.74, 6) is -6.71. The van der Waals surface area contributed by atoms with E-state index < -0.39 is 45.8 Å². The average Bonchev–Trinajstić information content (AvgIpc) is 3.70. The summed E-state index contributed by atoms with van der Waals surface area (Å²) in [4.78, 5) is 52.9. The van der Waals surface area contributed by atoms with Crippen LogP contribution in [-0.2, 0) is 9.59 Å². The predicted octanol–water partition coefficient (Wildman–Crippen LogP) is 5.37. The number of Topliss-reactive ketones (excluding diaryl/α,β-unsaturated/α-hetero) is 2. The smallest absolute Gasteiger partial charge is 0.348 e. The van der Waals surface area contributed by atoms with E-state index in [9.17, 15) is 39.6 Å². The molecule has 5 rings (SSSR count). The second-order valence-electron chi connectivity index (χ2n) is 11.8. The Morgan fingerprint density at radius 3 is 1.63 bits per heavy atom. The second-order valence-corrected chi connectivity index (χ2v) is 12.8. The van der Waals surface area contributed by atoms with E-state index in [4.69, 9.17) is 14.2 Å². The van der Waals surface area contributed by atoms with Gasteiger partial charge in [0.05, 0.1) is 14.2 Å². The molecule has 0 saturated carbocycles. The molecule has 0 amide bonds. The quantitative estimate of drug-likeness (QED) is 0.0800. The zero-order chi connectivity index (χ0) is 38.1. The molecule has 272 valence electrons. The summed E-state index contributed by atoms with van der Waals surface area (Å²) in [6, 6.07) is 28.1. The fourth-order valence-electron chi connectivity index (χ4n) is 5.30. The molecule has 0 spiro atoms. The van der Waals surface area contributed by atoms with Gasteiger partial charge in [0.15, 0.2) is 0 Å². The highest BCUT2D eigenvalue weighted by Crippen LogP contribution is 2.34. The summed E-state index contributed by atoms with van der Waals surface area (Å²) in [5.41, 5.74) is -9.01. The van der Waals surface area contributed by atoms with Crippen molar-refractivity contribution in [2.45, 2.75) is 23.7 Å². The molecule has 0 unspecified atom stereocenters. The number of benzene rings is 4. The van der Waals surface area contributed by atoms with Crippen molar-refractivity contribution in [3.05, 3.63) is 125 Å². The summed E-state index contributed by atoms with van der Waals surface area (Å²) in [7, 11) is 6.87. The van der Waals surface area contributed by atoms with Crippen LogP contribution in [0.1, 0.15) is 38.1 Å². The fraction of sp³-hybridized carbons (Fsp3) is 0.231. The molecule has 0 fully saturated rings. The van der Waals surface area contributed by atoms with E-state index >= 15 is 0 Å². The number of rotatable bonds is 15. The molecular formula is C39H39NO11S. The number of ether oxygens (including phenoxy) is 3. The van der Waals surface area contributed by atoms with Crippen LogP contribution in [0.3, 0.4) is 0 Å². The number of aliphatic carboxylic acids is 2. The van der Waals surface area contributed by atoms with Crippen molar-refractivity contribution in [3.63, 3.8) is 0 Å². The number of nitrogens with zero attached hydrogens (tertiary/aromatic N) is 1. The van der Waals surface area contributed by atoms with Gasteiger partial charge in [-0.25, -0.2) is 9.59 Å². The van der Waals surface area contributed by atoms with Crippen LogP contribution in [0.4, 0.5) is 0 Å². The van der Waals surface area contributed by atoms with Gasteiger partial charge in [-0.05, 0) is 85.5 Å². The molecular weight excluding hydrogens is 690 g/mol. The third kappa shape index (κ3) is 8.30. The first-order valence-corrected chi connectivity index (χ1v) is 16.8. The van der Waals surface area contributed by atoms with E-state index in [2.05, 4.69) is 79.0 Å². The number of aliphatic hydroxyl groups is 2. The lowest BCUT2D eigenvalue weighted by Crippen LogP contribution is -2.71. The van der Waals surface area contributed by atoms with Gasteiger partial charge in [0.25, 0.3) is 11.2 Å². The molecule has 0 bridgehead atoms. The Morgan fingerprint density at radius 1 is 0.692 bits per heavy atom. The Bertz CT molecular complexity index is 1910. The maximum absolute atomic E-state index is 12.8. The summed E-state index contributed by atoms with van der Waals surface area (Å²) in [6.07, 6.45) is 1.09. The molecule has 13 heteroatoms. The van der Waals surface area contributed by atoms with Crippen LogP contribution < -0.4 is 14.2 Å². The number of methoxy groups -OCH3 is 2. The van der Waals surface area contributed by atoms with E-state index in [-0.39, 0.29) is 17.6 Å². The molecule has 1 aromatic heterocycles. The minimum absolute atomic E-state index is 0.105. The highest BCUT2D eigenvalue weighted by Gasteiger charge is 2.69. The second kappa shape index (κ2) is 17.1. The molecule has 52 heavy (non-hydrogen) atoms. The number of fused-ring (bicyclic) bond motifs is 1. The number of carbonyl (C=O) groups is 4. The zero-order valence-electron chi connectivity index (χ0n) is 28.9. The number of hydrogen-bond acceptors (Lipinski definition) is 11. The van der Waals surface area contributed by atoms with Crippen molar-refractivity contribution < 1.29 is 53.8 Å². The number of thiophene rings is 1. The van der Waals surface area contributed by atoms with Crippen molar-refractivity contribution in [2.24, 2.45) is 0 Å². The minimum atomic E-state index is -4.04. The maximum Gasteiger partial charge on any atom is 0.348 e. The van der Waals surface area contributed by atoms with Crippen molar-refractivity contribution in [1.82, 2.24) is 4.90 Å². The van der Waals surface area contributed by atoms with Gasteiger partial charge in [-0.2, -0.15) is 0 Å². The van der Waals surface area contributed by atoms with Crippen LogP contribution in [-0.4, -0.2) is 94.9 Å². The number of hydrogen-bond donors (Lipinski definition) is 4. The molecule has 4 aromatic carbocycles. The fourth-order valence-corrected chi connectivity index (χ4v) is 6.08. The average molecular weight is 730 g/mol. The Hall–Kier alpha value is -5.60. The van der Waals surface area contributed by atoms with E-state index in [1.165, 1.54) is 54.1 Å². The Morgan fingerprint density at radius 2 is 1.19 bits per heavy atom. The summed E-state index contributed by atoms with van der Waals surface area (Å²) < 4.78 is 16.2. The maximum atomic E-state index is 12.8. The van der Waals surface area contributed by atoms with E-state index in [1.54, 1.807) is 11.3 Å². The Kier molecular flexibility index (Phi) is 12.9. The lowest BCUT2D eigenvalue weighted by Gasteiger charge is -2.34. The number of carboxylic acid groups (broad SMARTS) is 2. The van der Waals surface area contributed by atoms with Gasteiger partial charge in [0.2, 0.25) is 11.6 Å². The van der Waals surface area contributed by atoms with Gasteiger partial charge < -0.3 is 39.5 Å². The van der Waals surface area contributed by atoms with Gasteiger partial charge in [-0.1, -0.05) is 42.5 Å². The van der Waals surface area contributed by atoms with Gasteiger partial charge in [0.1, 0.15) is 23.4 Å². The minimum Gasteiger partial charge on any atom is -0.497 e. The standard InChI is InChI=1S/C20H18O10.C19H21NOS/c1-29-13-7-3-11(4-8-13)15(21)19(27,17(23)24)20(28,18(25)26)16(22)12-5-9-14(30-2)10-6-12;1-20(2)13-12-18(19-11-6-14-22-19)21-17-10-5-8-15-7-3-4-9-16(15)17/h3-10,27-28H,1-2H3,(H,23,24)(H,25,26);3-11,14,18H,12-13H2,1-2H3/t19-,20-;18-/m00/s1. The Balaban J connectivity index is 0.000000243. The van der Waals surface area contributed by atoms with Crippen LogP contribution in [0.25, 0.3) is 10.8 Å². The van der Waals surface area contributed by atoms with Crippen molar-refractivity contribution >= 4 is 45.6 Å². The number of carboxylic acids is 2. The largest absolute Gasteiger partial charge is 0.497 e. The third-order valence-corrected chi connectivity index (χ3v) is 9.19. The highest BCUT2D eigenvalue weighted by molar-refractivity contribution is 7.10. The first-order chi connectivity index (χ1) is 24.8. The molecule has 0 aliphatic carbocycles. The van der Waals surface area contributed by atoms with Crippen LogP contribution in [0.15, 0.2) is 109 Å². The summed E-state index contributed by atoms with van der Waals surface area (Å²) in [5, 5.41) is 45.0. The van der Waals surface area contributed by atoms with Crippen LogP contribution in [0.2, 0.25) is 0 Å². The van der Waals surface area contributed by atoms with Crippen molar-refractivity contribution in [2.75, 3.05) is 34.9 Å². The monoisotopic (exact) mass is 729 g/mol. The first kappa shape index (κ1) is 39.2. The van der Waals surface area contributed by atoms with Crippen molar-refractivity contribution in [1.29, 1.82) is 0 Å². The molecule has 0 radical (unpaired) electrons. The normalized spacial score (nSPS) is 13.8. The van der Waals surface area contributed by atoms with Crippen LogP contribution in [0.5, 0.6) is 17.2 Å². The van der Waals surface area contributed by atoms with Gasteiger partial charge >= 0.3 is 11.9 Å². The number of carbonyl (C=O) groups excluding carboxylic acids is 2. The highest BCUT2D eigenvalue weighted by atomic mass is 32.1. The lowest BCUT2D eigenvalue weighted by molar-refractivity contribution is -0.187. The first-order valence-electron chi connectivity index (χ1n) is 15.9. The molecule has 1 heterocycles.